The topological polar surface area (TPSA) is 0 Å². The van der Waals surface area contributed by atoms with Gasteiger partial charge in [0, 0.05) is 17.0 Å². The second-order valence-corrected chi connectivity index (χ2v) is 8.60. The first kappa shape index (κ1) is 18.3. The van der Waals surface area contributed by atoms with Crippen molar-refractivity contribution in [1.29, 1.82) is 0 Å². The Kier molecular flexibility index (Phi) is 4.32. The summed E-state index contributed by atoms with van der Waals surface area (Å²) in [5, 5.41) is 5.03. The normalized spacial score (nSPS) is 12.2. The summed E-state index contributed by atoms with van der Waals surface area (Å²) >= 11 is 3.83. The summed E-state index contributed by atoms with van der Waals surface area (Å²) in [7, 11) is 0. The minimum Gasteiger partial charge on any atom is -0.0616 e. The molecule has 1 aliphatic rings. The molecule has 0 N–H and O–H groups in total. The fraction of sp³-hybridized carbons (Fsp3) is 0. The summed E-state index contributed by atoms with van der Waals surface area (Å²) in [5.74, 6) is 0. The van der Waals surface area contributed by atoms with Gasteiger partial charge in [-0.1, -0.05) is 91.0 Å². The van der Waals surface area contributed by atoms with Gasteiger partial charge < -0.3 is 0 Å². The van der Waals surface area contributed by atoms with Gasteiger partial charge in [-0.05, 0) is 48.8 Å². The summed E-state index contributed by atoms with van der Waals surface area (Å²) in [6.07, 6.45) is 9.47. The SMILES string of the molecule is Brc1c2c(c(-c3ccc(-c4cccc5ccccc45)cc3)c3ccccc13)C=C[C+]=C2. The number of rotatable bonds is 2. The van der Waals surface area contributed by atoms with Gasteiger partial charge in [0.15, 0.2) is 0 Å². The van der Waals surface area contributed by atoms with Gasteiger partial charge in [0.25, 0.3) is 0 Å². The highest BCUT2D eigenvalue weighted by molar-refractivity contribution is 9.10. The van der Waals surface area contributed by atoms with E-state index in [9.17, 15) is 0 Å². The Morgan fingerprint density at radius 2 is 1.26 bits per heavy atom. The summed E-state index contributed by atoms with van der Waals surface area (Å²) in [6, 6.07) is 32.7. The number of halogens is 1. The van der Waals surface area contributed by atoms with E-state index < -0.39 is 0 Å². The maximum atomic E-state index is 3.83. The first-order chi connectivity index (χ1) is 15.3. The van der Waals surface area contributed by atoms with Crippen LogP contribution in [0.5, 0.6) is 0 Å². The predicted octanol–water partition coefficient (Wildman–Crippen LogP) is 8.93. The molecule has 0 heterocycles. The average molecular weight is 458 g/mol. The molecule has 0 radical (unpaired) electrons. The molecule has 1 heteroatoms. The molecule has 0 spiro atoms. The first-order valence-electron chi connectivity index (χ1n) is 10.4. The molecule has 0 fully saturated rings. The van der Waals surface area contributed by atoms with E-state index in [1.165, 1.54) is 54.9 Å². The van der Waals surface area contributed by atoms with Crippen molar-refractivity contribution in [2.24, 2.45) is 0 Å². The van der Waals surface area contributed by atoms with Crippen molar-refractivity contribution in [1.82, 2.24) is 0 Å². The summed E-state index contributed by atoms with van der Waals surface area (Å²) in [6.45, 7) is 0. The third-order valence-electron chi connectivity index (χ3n) is 6.08. The van der Waals surface area contributed by atoms with Gasteiger partial charge in [0.2, 0.25) is 0 Å². The molecular weight excluding hydrogens is 440 g/mol. The zero-order chi connectivity index (χ0) is 20.8. The van der Waals surface area contributed by atoms with E-state index in [2.05, 4.69) is 125 Å². The molecule has 0 aromatic heterocycles. The van der Waals surface area contributed by atoms with Gasteiger partial charge >= 0.3 is 0 Å². The third-order valence-corrected chi connectivity index (χ3v) is 6.93. The highest BCUT2D eigenvalue weighted by Crippen LogP contribution is 2.42. The zero-order valence-electron chi connectivity index (χ0n) is 16.8. The molecule has 6 rings (SSSR count). The number of fused-ring (bicyclic) bond motifs is 3. The molecule has 0 amide bonds. The van der Waals surface area contributed by atoms with Crippen LogP contribution in [0, 0.1) is 6.08 Å². The van der Waals surface area contributed by atoms with Crippen LogP contribution in [0.3, 0.4) is 0 Å². The fourth-order valence-electron chi connectivity index (χ4n) is 4.62. The molecule has 0 saturated heterocycles. The van der Waals surface area contributed by atoms with Crippen LogP contribution in [0.1, 0.15) is 11.1 Å². The van der Waals surface area contributed by atoms with Gasteiger partial charge in [-0.25, -0.2) is 0 Å². The lowest BCUT2D eigenvalue weighted by atomic mass is 9.87. The third kappa shape index (κ3) is 2.94. The van der Waals surface area contributed by atoms with E-state index in [0.717, 1.165) is 4.47 Å². The lowest BCUT2D eigenvalue weighted by Crippen LogP contribution is -1.95. The van der Waals surface area contributed by atoms with Crippen LogP contribution >= 0.6 is 15.9 Å². The second-order valence-electron chi connectivity index (χ2n) is 7.81. The van der Waals surface area contributed by atoms with Gasteiger partial charge in [-0.15, -0.1) is 0 Å². The Bertz CT molecular complexity index is 1510. The van der Waals surface area contributed by atoms with Crippen molar-refractivity contribution in [3.63, 3.8) is 0 Å². The van der Waals surface area contributed by atoms with Crippen molar-refractivity contribution in [3.05, 3.63) is 119 Å². The zero-order valence-corrected chi connectivity index (χ0v) is 18.4. The van der Waals surface area contributed by atoms with Crippen LogP contribution in [0.15, 0.2) is 102 Å². The van der Waals surface area contributed by atoms with Crippen molar-refractivity contribution in [3.8, 4) is 22.3 Å². The van der Waals surface area contributed by atoms with Gasteiger partial charge in [-0.3, -0.25) is 0 Å². The summed E-state index contributed by atoms with van der Waals surface area (Å²) in [4.78, 5) is 0. The monoisotopic (exact) mass is 457 g/mol. The molecule has 0 aliphatic heterocycles. The molecule has 0 saturated carbocycles. The smallest absolute Gasteiger partial charge is 0.0616 e. The van der Waals surface area contributed by atoms with E-state index in [0.29, 0.717) is 0 Å². The van der Waals surface area contributed by atoms with E-state index in [-0.39, 0.29) is 0 Å². The number of benzene rings is 5. The van der Waals surface area contributed by atoms with Crippen LogP contribution in [0.25, 0.3) is 56.0 Å². The molecule has 0 nitrogen and oxygen atoms in total. The minimum atomic E-state index is 1.13. The number of allylic oxidation sites excluding steroid dienone is 2. The number of hydrogen-bond donors (Lipinski definition) is 0. The Morgan fingerprint density at radius 1 is 0.581 bits per heavy atom. The Labute approximate surface area is 190 Å². The minimum absolute atomic E-state index is 1.13. The standard InChI is InChI=1S/C30H18Br/c31-30-27-13-5-3-11-25(27)29(26-12-4-6-14-28(26)30)22-18-16-21(17-19-22)24-15-7-9-20-8-1-2-10-23(20)24/h1-5,7-19H/q+1. The van der Waals surface area contributed by atoms with Crippen LogP contribution in [0.2, 0.25) is 0 Å². The first-order valence-corrected chi connectivity index (χ1v) is 11.2. The van der Waals surface area contributed by atoms with Crippen molar-refractivity contribution in [2.75, 3.05) is 0 Å². The summed E-state index contributed by atoms with van der Waals surface area (Å²) < 4.78 is 1.13. The maximum Gasteiger partial charge on any atom is 0.112 e. The van der Waals surface area contributed by atoms with Crippen molar-refractivity contribution >= 4 is 49.6 Å². The van der Waals surface area contributed by atoms with Crippen LogP contribution in [-0.4, -0.2) is 0 Å². The molecule has 0 bridgehead atoms. The summed E-state index contributed by atoms with van der Waals surface area (Å²) in [5.41, 5.74) is 7.43. The van der Waals surface area contributed by atoms with Crippen molar-refractivity contribution < 1.29 is 0 Å². The molecule has 5 aromatic rings. The number of hydrogen-bond acceptors (Lipinski definition) is 0. The Balaban J connectivity index is 1.56. The molecule has 0 atom stereocenters. The van der Waals surface area contributed by atoms with E-state index in [1.807, 2.05) is 6.08 Å². The predicted molar refractivity (Wildman–Crippen MR) is 137 cm³/mol. The van der Waals surface area contributed by atoms with Crippen molar-refractivity contribution in [2.45, 2.75) is 0 Å². The largest absolute Gasteiger partial charge is 0.112 e. The van der Waals surface area contributed by atoms with Gasteiger partial charge in [-0.2, -0.15) is 0 Å². The average Bonchev–Trinajstić information content (AvgIpc) is 2.84. The van der Waals surface area contributed by atoms with E-state index in [4.69, 9.17) is 0 Å². The molecule has 1 aliphatic carbocycles. The van der Waals surface area contributed by atoms with Gasteiger partial charge in [0.05, 0.1) is 10.5 Å². The van der Waals surface area contributed by atoms with Crippen LogP contribution < -0.4 is 0 Å². The fourth-order valence-corrected chi connectivity index (χ4v) is 5.29. The Hall–Kier alpha value is -3.51. The van der Waals surface area contributed by atoms with E-state index >= 15 is 0 Å². The Morgan fingerprint density at radius 3 is 2.10 bits per heavy atom. The van der Waals surface area contributed by atoms with Gasteiger partial charge in [0.1, 0.15) is 23.3 Å². The molecule has 31 heavy (non-hydrogen) atoms. The molecule has 144 valence electrons. The molecule has 0 unspecified atom stereocenters. The molecular formula is C30H18Br+. The maximum absolute atomic E-state index is 3.83. The second kappa shape index (κ2) is 7.32. The molecule has 5 aromatic carbocycles. The lowest BCUT2D eigenvalue weighted by molar-refractivity contribution is 1.56. The van der Waals surface area contributed by atoms with E-state index in [1.54, 1.807) is 0 Å². The highest BCUT2D eigenvalue weighted by atomic mass is 79.9. The lowest BCUT2D eigenvalue weighted by Gasteiger charge is -2.14. The van der Waals surface area contributed by atoms with Crippen LogP contribution in [0.4, 0.5) is 0 Å². The highest BCUT2D eigenvalue weighted by Gasteiger charge is 2.23. The quantitative estimate of drug-likeness (QED) is 0.232. The van der Waals surface area contributed by atoms with Crippen LogP contribution in [-0.2, 0) is 0 Å².